The average molecular weight is 215 g/mol. The van der Waals surface area contributed by atoms with Crippen molar-refractivity contribution < 1.29 is 8.42 Å². The number of nitrogens with zero attached hydrogens (tertiary/aromatic N) is 1. The van der Waals surface area contributed by atoms with Crippen LogP contribution in [-0.4, -0.2) is 27.5 Å². The van der Waals surface area contributed by atoms with Gasteiger partial charge in [-0.25, -0.2) is 13.4 Å². The zero-order chi connectivity index (χ0) is 10.8. The van der Waals surface area contributed by atoms with Crippen LogP contribution in [0.15, 0.2) is 29.2 Å². The fourth-order valence-corrected chi connectivity index (χ4v) is 2.23. The Hall–Kier alpha value is -1.11. The number of sulfonamides is 1. The van der Waals surface area contributed by atoms with Crippen molar-refractivity contribution in [2.24, 2.45) is 0 Å². The molecule has 0 amide bonds. The predicted octanol–water partition coefficient (Wildman–Crippen LogP) is 0.0237. The van der Waals surface area contributed by atoms with Gasteiger partial charge in [-0.05, 0) is 12.1 Å². The normalized spacial score (nSPS) is 11.9. The molecule has 1 aromatic carbocycles. The lowest BCUT2D eigenvalue weighted by Crippen LogP contribution is -2.36. The summed E-state index contributed by atoms with van der Waals surface area (Å²) in [6, 6.07) is 6.32. The van der Waals surface area contributed by atoms with E-state index in [1.54, 1.807) is 32.3 Å². The zero-order valence-electron chi connectivity index (χ0n) is 8.06. The van der Waals surface area contributed by atoms with Crippen LogP contribution in [0.2, 0.25) is 0 Å². The fraction of sp³-hybridized carbons (Fsp3) is 0.250. The number of hydrogen-bond donors (Lipinski definition) is 2. The van der Waals surface area contributed by atoms with Gasteiger partial charge in [0.2, 0.25) is 0 Å². The Morgan fingerprint density at radius 3 is 2.36 bits per heavy atom. The molecular formula is C8H13N3O2S. The molecule has 0 aliphatic rings. The van der Waals surface area contributed by atoms with E-state index in [1.807, 2.05) is 0 Å². The van der Waals surface area contributed by atoms with E-state index >= 15 is 0 Å². The summed E-state index contributed by atoms with van der Waals surface area (Å²) in [7, 11) is -0.351. The van der Waals surface area contributed by atoms with Gasteiger partial charge in [0.25, 0.3) is 10.0 Å². The van der Waals surface area contributed by atoms with Gasteiger partial charge in [0.15, 0.2) is 0 Å². The molecule has 0 atom stereocenters. The maximum Gasteiger partial charge on any atom is 0.255 e. The first kappa shape index (κ1) is 11.0. The SMILES string of the molecule is CN(C)NS(=O)(=O)c1ccccc1N. The second-order valence-corrected chi connectivity index (χ2v) is 4.66. The maximum absolute atomic E-state index is 11.6. The molecule has 0 bridgehead atoms. The lowest BCUT2D eigenvalue weighted by molar-refractivity contribution is 0.364. The number of para-hydroxylation sites is 1. The Bertz CT molecular complexity index is 414. The minimum Gasteiger partial charge on any atom is -0.398 e. The first-order chi connectivity index (χ1) is 6.43. The largest absolute Gasteiger partial charge is 0.398 e. The molecule has 0 fully saturated rings. The first-order valence-corrected chi connectivity index (χ1v) is 5.46. The summed E-state index contributed by atoms with van der Waals surface area (Å²) >= 11 is 0. The number of nitrogens with one attached hydrogen (secondary N) is 1. The van der Waals surface area contributed by atoms with E-state index in [9.17, 15) is 8.42 Å². The van der Waals surface area contributed by atoms with E-state index in [-0.39, 0.29) is 10.6 Å². The van der Waals surface area contributed by atoms with Crippen LogP contribution in [-0.2, 0) is 10.0 Å². The highest BCUT2D eigenvalue weighted by Crippen LogP contribution is 2.16. The third-order valence-corrected chi connectivity index (χ3v) is 3.07. The number of benzene rings is 1. The van der Waals surface area contributed by atoms with Crippen molar-refractivity contribution >= 4 is 15.7 Å². The van der Waals surface area contributed by atoms with E-state index in [2.05, 4.69) is 4.83 Å². The van der Waals surface area contributed by atoms with Crippen molar-refractivity contribution in [2.45, 2.75) is 4.90 Å². The van der Waals surface area contributed by atoms with Crippen molar-refractivity contribution in [1.29, 1.82) is 0 Å². The molecule has 5 nitrogen and oxygen atoms in total. The second-order valence-electron chi connectivity index (χ2n) is 3.03. The number of hydrazine groups is 1. The van der Waals surface area contributed by atoms with E-state index < -0.39 is 10.0 Å². The van der Waals surface area contributed by atoms with Gasteiger partial charge in [0, 0.05) is 14.1 Å². The second kappa shape index (κ2) is 3.95. The molecule has 3 N–H and O–H groups in total. The molecule has 0 unspecified atom stereocenters. The summed E-state index contributed by atoms with van der Waals surface area (Å²) < 4.78 is 23.3. The van der Waals surface area contributed by atoms with E-state index in [0.29, 0.717) is 0 Å². The van der Waals surface area contributed by atoms with Crippen molar-refractivity contribution in [2.75, 3.05) is 19.8 Å². The molecule has 0 saturated heterocycles. The highest BCUT2D eigenvalue weighted by molar-refractivity contribution is 7.89. The summed E-state index contributed by atoms with van der Waals surface area (Å²) in [5.41, 5.74) is 5.78. The van der Waals surface area contributed by atoms with Crippen molar-refractivity contribution in [3.8, 4) is 0 Å². The summed E-state index contributed by atoms with van der Waals surface area (Å²) in [6.07, 6.45) is 0. The molecule has 0 aliphatic heterocycles. The zero-order valence-corrected chi connectivity index (χ0v) is 8.88. The summed E-state index contributed by atoms with van der Waals surface area (Å²) in [4.78, 5) is 2.39. The van der Waals surface area contributed by atoms with Crippen LogP contribution in [0.5, 0.6) is 0 Å². The van der Waals surface area contributed by atoms with Crippen LogP contribution in [0.4, 0.5) is 5.69 Å². The van der Waals surface area contributed by atoms with Gasteiger partial charge in [-0.1, -0.05) is 12.1 Å². The third kappa shape index (κ3) is 2.44. The molecule has 0 spiro atoms. The maximum atomic E-state index is 11.6. The van der Waals surface area contributed by atoms with Crippen LogP contribution >= 0.6 is 0 Å². The minimum absolute atomic E-state index is 0.0914. The Kier molecular flexibility index (Phi) is 3.10. The Morgan fingerprint density at radius 2 is 1.86 bits per heavy atom. The smallest absolute Gasteiger partial charge is 0.255 e. The van der Waals surface area contributed by atoms with Crippen LogP contribution in [0.25, 0.3) is 0 Å². The lowest BCUT2D eigenvalue weighted by atomic mass is 10.3. The quantitative estimate of drug-likeness (QED) is 0.550. The van der Waals surface area contributed by atoms with Gasteiger partial charge in [-0.3, -0.25) is 0 Å². The highest BCUT2D eigenvalue weighted by Gasteiger charge is 2.16. The number of hydrogen-bond acceptors (Lipinski definition) is 4. The summed E-state index contributed by atoms with van der Waals surface area (Å²) in [6.45, 7) is 0. The minimum atomic E-state index is -3.54. The van der Waals surface area contributed by atoms with E-state index in [1.165, 1.54) is 11.1 Å². The van der Waals surface area contributed by atoms with Gasteiger partial charge in [0.1, 0.15) is 4.90 Å². The molecule has 0 saturated carbocycles. The van der Waals surface area contributed by atoms with Gasteiger partial charge in [-0.2, -0.15) is 0 Å². The fourth-order valence-electron chi connectivity index (χ4n) is 1.01. The first-order valence-electron chi connectivity index (χ1n) is 3.98. The van der Waals surface area contributed by atoms with E-state index in [0.717, 1.165) is 0 Å². The van der Waals surface area contributed by atoms with Crippen molar-refractivity contribution in [3.63, 3.8) is 0 Å². The predicted molar refractivity (Wildman–Crippen MR) is 54.9 cm³/mol. The topological polar surface area (TPSA) is 75.4 Å². The monoisotopic (exact) mass is 215 g/mol. The molecular weight excluding hydrogens is 202 g/mol. The van der Waals surface area contributed by atoms with Gasteiger partial charge < -0.3 is 5.73 Å². The summed E-state index contributed by atoms with van der Waals surface area (Å²) in [5, 5.41) is 1.35. The van der Waals surface area contributed by atoms with Crippen LogP contribution in [0.3, 0.4) is 0 Å². The number of rotatable bonds is 3. The molecule has 0 heterocycles. The van der Waals surface area contributed by atoms with Crippen LogP contribution < -0.4 is 10.6 Å². The van der Waals surface area contributed by atoms with Gasteiger partial charge >= 0.3 is 0 Å². The Morgan fingerprint density at radius 1 is 1.29 bits per heavy atom. The average Bonchev–Trinajstić information content (AvgIpc) is 2.02. The molecule has 14 heavy (non-hydrogen) atoms. The van der Waals surface area contributed by atoms with Gasteiger partial charge in [-0.15, -0.1) is 4.83 Å². The molecule has 78 valence electrons. The standard InChI is InChI=1S/C8H13N3O2S/c1-11(2)10-14(12,13)8-6-4-3-5-7(8)9/h3-6,10H,9H2,1-2H3. The molecule has 0 aliphatic carbocycles. The number of nitrogens with two attached hydrogens (primary N) is 1. The number of anilines is 1. The van der Waals surface area contributed by atoms with Crippen LogP contribution in [0.1, 0.15) is 0 Å². The van der Waals surface area contributed by atoms with Gasteiger partial charge in [0.05, 0.1) is 5.69 Å². The molecule has 1 aromatic rings. The Balaban J connectivity index is 3.11. The molecule has 1 rings (SSSR count). The van der Waals surface area contributed by atoms with E-state index in [4.69, 9.17) is 5.73 Å². The molecule has 0 aromatic heterocycles. The van der Waals surface area contributed by atoms with Crippen LogP contribution in [0, 0.1) is 0 Å². The highest BCUT2D eigenvalue weighted by atomic mass is 32.2. The Labute approximate surface area is 83.5 Å². The summed E-state index contributed by atoms with van der Waals surface area (Å²) in [5.74, 6) is 0. The third-order valence-electron chi connectivity index (χ3n) is 1.51. The van der Waals surface area contributed by atoms with Crippen molar-refractivity contribution in [3.05, 3.63) is 24.3 Å². The van der Waals surface area contributed by atoms with Crippen molar-refractivity contribution in [1.82, 2.24) is 9.84 Å². The lowest BCUT2D eigenvalue weighted by Gasteiger charge is -2.13. The number of nitrogen functional groups attached to an aromatic ring is 1. The molecule has 6 heteroatoms. The molecule has 0 radical (unpaired) electrons.